The molecule has 2 heterocycles. The van der Waals surface area contributed by atoms with E-state index in [0.29, 0.717) is 18.1 Å². The molecule has 0 spiro atoms. The van der Waals surface area contributed by atoms with Crippen molar-refractivity contribution in [2.75, 3.05) is 11.6 Å². The lowest BCUT2D eigenvalue weighted by atomic mass is 10.1. The van der Waals surface area contributed by atoms with Crippen LogP contribution >= 0.6 is 0 Å². The number of nitrogens with zero attached hydrogens (tertiary/aromatic N) is 3. The van der Waals surface area contributed by atoms with E-state index in [1.807, 2.05) is 97.2 Å². The third-order valence-electron chi connectivity index (χ3n) is 5.98. The molecule has 0 aliphatic heterocycles. The van der Waals surface area contributed by atoms with E-state index in [1.165, 1.54) is 0 Å². The molecule has 5 aromatic rings. The Bertz CT molecular complexity index is 1660. The predicted molar refractivity (Wildman–Crippen MR) is 152 cm³/mol. The van der Waals surface area contributed by atoms with Crippen LogP contribution in [0.4, 0.5) is 5.82 Å². The number of aromatic nitrogens is 3. The summed E-state index contributed by atoms with van der Waals surface area (Å²) in [5, 5.41) is 8.01. The summed E-state index contributed by atoms with van der Waals surface area (Å²) in [7, 11) is -2.18. The predicted octanol–water partition coefficient (Wildman–Crippen LogP) is 5.28. The molecule has 0 saturated carbocycles. The summed E-state index contributed by atoms with van der Waals surface area (Å²) in [5.41, 5.74) is 5.67. The van der Waals surface area contributed by atoms with Gasteiger partial charge in [0.1, 0.15) is 5.52 Å². The number of benzene rings is 3. The lowest BCUT2D eigenvalue weighted by Gasteiger charge is -2.12. The summed E-state index contributed by atoms with van der Waals surface area (Å²) >= 11 is 0. The van der Waals surface area contributed by atoms with Crippen LogP contribution in [0.2, 0.25) is 0 Å². The summed E-state index contributed by atoms with van der Waals surface area (Å²) < 4.78 is 13.9. The van der Waals surface area contributed by atoms with E-state index in [1.54, 1.807) is 10.8 Å². The summed E-state index contributed by atoms with van der Waals surface area (Å²) in [6.07, 6.45) is 3.64. The maximum Gasteiger partial charge on any atom is 0.218 e. The van der Waals surface area contributed by atoms with Gasteiger partial charge >= 0.3 is 0 Å². The van der Waals surface area contributed by atoms with Gasteiger partial charge in [-0.05, 0) is 43.7 Å². The Labute approximate surface area is 217 Å². The molecule has 0 fully saturated rings. The lowest BCUT2D eigenvalue weighted by Crippen LogP contribution is -2.15. The van der Waals surface area contributed by atoms with E-state index in [9.17, 15) is 9.00 Å². The largest absolute Gasteiger partial charge is 0.364 e. The molecule has 3 aromatic carbocycles. The Morgan fingerprint density at radius 1 is 0.919 bits per heavy atom. The summed E-state index contributed by atoms with van der Waals surface area (Å²) in [6.45, 7) is 0.559. The van der Waals surface area contributed by atoms with Gasteiger partial charge in [-0.25, -0.2) is 9.50 Å². The molecule has 186 valence electrons. The van der Waals surface area contributed by atoms with Gasteiger partial charge in [-0.15, -0.1) is 5.10 Å². The quantitative estimate of drug-likeness (QED) is 0.217. The number of anilines is 1. The third kappa shape index (κ3) is 5.95. The first-order chi connectivity index (χ1) is 17.9. The number of hydrogen-bond donors (Lipinski definition) is 1. The molecule has 0 radical (unpaired) electrons. The van der Waals surface area contributed by atoms with Gasteiger partial charge in [-0.2, -0.15) is 0 Å². The molecule has 1 N–H and O–H groups in total. The average molecular weight is 509 g/mol. The van der Waals surface area contributed by atoms with Crippen molar-refractivity contribution < 1.29 is 9.00 Å². The number of ketones is 1. The molecule has 7 heteroatoms. The number of fused-ring (bicyclic) bond motifs is 1. The highest BCUT2D eigenvalue weighted by Crippen LogP contribution is 2.30. The highest BCUT2D eigenvalue weighted by atomic mass is 32.2. The Morgan fingerprint density at radius 2 is 1.59 bits per heavy atom. The zero-order chi connectivity index (χ0) is 25.8. The van der Waals surface area contributed by atoms with Crippen LogP contribution in [-0.4, -0.2) is 36.7 Å². The van der Waals surface area contributed by atoms with E-state index in [2.05, 4.69) is 16.3 Å². The number of rotatable bonds is 9. The number of nitrogens with one attached hydrogen (secondary N) is 1. The van der Waals surface area contributed by atoms with Crippen molar-refractivity contribution in [1.82, 2.24) is 14.6 Å². The first kappa shape index (κ1) is 24.5. The summed E-state index contributed by atoms with van der Waals surface area (Å²) in [5.74, 6) is 4.66. The Balaban J connectivity index is 1.50. The van der Waals surface area contributed by atoms with Gasteiger partial charge in [-0.1, -0.05) is 84.9 Å². The van der Waals surface area contributed by atoms with Gasteiger partial charge < -0.3 is 5.32 Å². The van der Waals surface area contributed by atoms with Crippen molar-refractivity contribution in [1.29, 1.82) is 0 Å². The molecule has 0 aliphatic carbocycles. The average Bonchev–Trinajstić information content (AvgIpc) is 3.32. The van der Waals surface area contributed by atoms with Crippen molar-refractivity contribution in [3.05, 3.63) is 120 Å². The van der Waals surface area contributed by atoms with Crippen molar-refractivity contribution in [2.24, 2.45) is 0 Å². The maximum atomic E-state index is 13.3. The minimum Gasteiger partial charge on any atom is -0.364 e. The van der Waals surface area contributed by atoms with Crippen LogP contribution in [0.25, 0.3) is 16.6 Å². The topological polar surface area (TPSA) is 76.4 Å². The van der Waals surface area contributed by atoms with Crippen LogP contribution < -0.4 is 5.32 Å². The molecule has 6 nitrogen and oxygen atoms in total. The molecule has 5 rings (SSSR count). The minimum atomic E-state index is -2.18. The van der Waals surface area contributed by atoms with Gasteiger partial charge in [0, 0.05) is 36.7 Å². The zero-order valence-electron chi connectivity index (χ0n) is 20.6. The smallest absolute Gasteiger partial charge is 0.218 e. The number of carbonyl (C=O) groups excluding carboxylic acids is 1. The molecule has 0 aliphatic rings. The normalized spacial score (nSPS) is 12.8. The van der Waals surface area contributed by atoms with E-state index < -0.39 is 9.52 Å². The van der Waals surface area contributed by atoms with Crippen molar-refractivity contribution in [2.45, 2.75) is 18.7 Å². The fourth-order valence-electron chi connectivity index (χ4n) is 4.34. The summed E-state index contributed by atoms with van der Waals surface area (Å²) in [6, 6.07) is 29.7. The van der Waals surface area contributed by atoms with Gasteiger partial charge in [0.15, 0.2) is 5.82 Å². The van der Waals surface area contributed by atoms with Crippen LogP contribution in [0.5, 0.6) is 0 Å². The maximum absolute atomic E-state index is 13.3. The second-order valence-electron chi connectivity index (χ2n) is 9.26. The van der Waals surface area contributed by atoms with Gasteiger partial charge in [0.05, 0.1) is 0 Å². The van der Waals surface area contributed by atoms with Crippen molar-refractivity contribution in [3.63, 3.8) is 0 Å². The van der Waals surface area contributed by atoms with E-state index >= 15 is 0 Å². The van der Waals surface area contributed by atoms with Crippen LogP contribution in [-0.2, 0) is 28.2 Å². The van der Waals surface area contributed by atoms with Gasteiger partial charge in [0.2, 0.25) is 11.6 Å². The highest BCUT2D eigenvalue weighted by molar-refractivity contribution is 7.98. The van der Waals surface area contributed by atoms with Crippen LogP contribution in [0.3, 0.4) is 0 Å². The van der Waals surface area contributed by atoms with Gasteiger partial charge in [-0.3, -0.25) is 9.00 Å². The monoisotopic (exact) mass is 508 g/mol. The highest BCUT2D eigenvalue weighted by Gasteiger charge is 2.18. The fraction of sp³-hybridized carbons (Fsp3) is 0.133. The summed E-state index contributed by atoms with van der Waals surface area (Å²) in [4.78, 5) is 18.0. The molecule has 0 amide bonds. The van der Waals surface area contributed by atoms with E-state index in [0.717, 1.165) is 33.3 Å². The Morgan fingerprint density at radius 3 is 2.32 bits per heavy atom. The molecule has 1 unspecified atom stereocenters. The van der Waals surface area contributed by atoms with Crippen LogP contribution in [0.1, 0.15) is 27.3 Å². The van der Waals surface area contributed by atoms with Crippen molar-refractivity contribution >= 4 is 32.5 Å². The molecule has 2 aromatic heterocycles. The first-order valence-corrected chi connectivity index (χ1v) is 14.3. The molecule has 0 saturated heterocycles. The zero-order valence-corrected chi connectivity index (χ0v) is 21.4. The molecular weight excluding hydrogens is 480 g/mol. The Hall–Kier alpha value is -4.23. The van der Waals surface area contributed by atoms with Crippen molar-refractivity contribution in [3.8, 4) is 11.1 Å². The third-order valence-corrected chi connectivity index (χ3v) is 6.92. The number of hydrogen-bond acceptors (Lipinski definition) is 5. The van der Waals surface area contributed by atoms with E-state index in [4.69, 9.17) is 4.98 Å². The van der Waals surface area contributed by atoms with E-state index in [-0.39, 0.29) is 18.0 Å². The number of carbonyl (C=O) groups is 1. The SMILES string of the molecule is C=S(C)(=O)Cc1cccc(CC(=O)c2nc(NCc3ccccc3)c3c(-c4ccccc4)ccn3n2)c1. The second kappa shape index (κ2) is 10.4. The first-order valence-electron chi connectivity index (χ1n) is 12.0. The van der Waals surface area contributed by atoms with Crippen LogP contribution in [0, 0.1) is 0 Å². The molecule has 37 heavy (non-hydrogen) atoms. The molecule has 1 atom stereocenters. The fourth-order valence-corrected chi connectivity index (χ4v) is 5.23. The molecule has 0 bridgehead atoms. The van der Waals surface area contributed by atoms with Gasteiger partial charge in [0.25, 0.3) is 0 Å². The molecular formula is C30H28N4O2S. The standard InChI is InChI=1S/C30H28N4O2S/c1-37(2,36)21-24-13-9-12-23(18-24)19-27(35)29-32-30(31-20-22-10-5-3-6-11-22)28-26(16-17-34(28)33-29)25-14-7-4-8-15-25/h3-18H,1,19-21H2,2H3,(H,31,32,33). The Kier molecular flexibility index (Phi) is 6.88. The number of Topliss-reactive ketones (excluding diaryl/α,β-unsaturated/α-hetero) is 1. The van der Waals surface area contributed by atoms with Crippen LogP contribution in [0.15, 0.2) is 97.2 Å². The second-order valence-corrected chi connectivity index (χ2v) is 11.9. The minimum absolute atomic E-state index is 0.139. The lowest BCUT2D eigenvalue weighted by molar-refractivity contribution is 0.0981.